The molecule has 1 fully saturated rings. The van der Waals surface area contributed by atoms with Crippen LogP contribution in [0.4, 0.5) is 4.79 Å². The van der Waals surface area contributed by atoms with E-state index in [4.69, 9.17) is 4.74 Å². The van der Waals surface area contributed by atoms with E-state index in [2.05, 4.69) is 16.1 Å². The second kappa shape index (κ2) is 9.51. The Kier molecular flexibility index (Phi) is 6.36. The van der Waals surface area contributed by atoms with E-state index in [9.17, 15) is 14.9 Å². The van der Waals surface area contributed by atoms with Gasteiger partial charge in [-0.3, -0.25) is 4.79 Å². The summed E-state index contributed by atoms with van der Waals surface area (Å²) in [5.74, 6) is 0.0405. The van der Waals surface area contributed by atoms with Gasteiger partial charge in [0, 0.05) is 23.8 Å². The fourth-order valence-electron chi connectivity index (χ4n) is 5.17. The third-order valence-electron chi connectivity index (χ3n) is 7.01. The molecule has 3 aromatic rings. The number of rotatable bonds is 4. The Balaban J connectivity index is 1.37. The molecule has 2 aliphatic rings. The Bertz CT molecular complexity index is 1400. The lowest BCUT2D eigenvalue weighted by Gasteiger charge is -2.34. The zero-order chi connectivity index (χ0) is 26.3. The van der Waals surface area contributed by atoms with Gasteiger partial charge >= 0.3 is 6.09 Å². The van der Waals surface area contributed by atoms with Gasteiger partial charge in [0.2, 0.25) is 0 Å². The molecule has 37 heavy (non-hydrogen) atoms. The summed E-state index contributed by atoms with van der Waals surface area (Å²) in [6.45, 7) is 7.49. The van der Waals surface area contributed by atoms with Crippen LogP contribution in [-0.2, 0) is 17.6 Å². The van der Waals surface area contributed by atoms with Crippen LogP contribution in [0.2, 0.25) is 0 Å². The molecule has 2 aromatic carbocycles. The van der Waals surface area contributed by atoms with E-state index in [1.165, 1.54) is 4.68 Å². The maximum atomic E-state index is 13.8. The summed E-state index contributed by atoms with van der Waals surface area (Å²) >= 11 is 0. The highest BCUT2D eigenvalue weighted by molar-refractivity contribution is 5.96. The Morgan fingerprint density at radius 2 is 1.84 bits per heavy atom. The molecular weight excluding hydrogens is 464 g/mol. The molecule has 1 aromatic heterocycles. The van der Waals surface area contributed by atoms with Gasteiger partial charge in [-0.1, -0.05) is 24.3 Å². The summed E-state index contributed by atoms with van der Waals surface area (Å²) in [6, 6.07) is 15.9. The van der Waals surface area contributed by atoms with Crippen LogP contribution in [0, 0.1) is 18.3 Å². The second-order valence-corrected chi connectivity index (χ2v) is 11.1. The van der Waals surface area contributed by atoms with Gasteiger partial charge in [-0.15, -0.1) is 0 Å². The number of nitrogens with zero attached hydrogens (tertiary/aromatic N) is 4. The zero-order valence-electron chi connectivity index (χ0n) is 21.8. The number of hydrogen-bond acceptors (Lipinski definition) is 5. The number of fused-ring (bicyclic) bond motifs is 1. The van der Waals surface area contributed by atoms with Crippen LogP contribution in [0.25, 0.3) is 11.1 Å². The van der Waals surface area contributed by atoms with Gasteiger partial charge < -0.3 is 9.64 Å². The quantitative estimate of drug-likeness (QED) is 0.464. The first kappa shape index (κ1) is 24.8. The molecule has 0 N–H and O–H groups in total. The highest BCUT2D eigenvalue weighted by Gasteiger charge is 2.39. The number of aryl methyl sites for hydroxylation is 2. The molecule has 0 bridgehead atoms. The number of carbonyl (C=O) groups excluding carboxylic acids is 2. The van der Waals surface area contributed by atoms with Crippen molar-refractivity contribution in [1.82, 2.24) is 14.7 Å². The van der Waals surface area contributed by atoms with E-state index in [1.807, 2.05) is 70.2 Å². The van der Waals surface area contributed by atoms with Crippen LogP contribution in [0.3, 0.4) is 0 Å². The molecule has 1 saturated carbocycles. The lowest BCUT2D eigenvalue weighted by atomic mass is 9.91. The van der Waals surface area contributed by atoms with Crippen molar-refractivity contribution in [3.8, 4) is 17.2 Å². The lowest BCUT2D eigenvalue weighted by Crippen LogP contribution is -2.44. The summed E-state index contributed by atoms with van der Waals surface area (Å²) in [7, 11) is 0. The highest BCUT2D eigenvalue weighted by atomic mass is 16.6. The molecule has 0 spiro atoms. The topological polar surface area (TPSA) is 88.2 Å². The molecular formula is C30H32N4O3. The molecule has 1 amide bonds. The molecule has 1 unspecified atom stereocenters. The van der Waals surface area contributed by atoms with Crippen molar-refractivity contribution < 1.29 is 14.3 Å². The van der Waals surface area contributed by atoms with Crippen molar-refractivity contribution in [2.75, 3.05) is 0 Å². The number of hydrogen-bond donors (Lipinski definition) is 0. The number of aromatic nitrogens is 2. The van der Waals surface area contributed by atoms with E-state index in [-0.39, 0.29) is 18.0 Å². The van der Waals surface area contributed by atoms with Gasteiger partial charge in [0.15, 0.2) is 0 Å². The summed E-state index contributed by atoms with van der Waals surface area (Å²) in [6.07, 6.45) is 5.51. The van der Waals surface area contributed by atoms with E-state index < -0.39 is 11.7 Å². The van der Waals surface area contributed by atoms with Crippen molar-refractivity contribution in [3.63, 3.8) is 0 Å². The average Bonchev–Trinajstić information content (AvgIpc) is 3.59. The zero-order valence-corrected chi connectivity index (χ0v) is 21.8. The van der Waals surface area contributed by atoms with Crippen LogP contribution in [0.1, 0.15) is 72.8 Å². The van der Waals surface area contributed by atoms with Crippen molar-refractivity contribution in [1.29, 1.82) is 5.26 Å². The first-order valence-electron chi connectivity index (χ1n) is 12.9. The SMILES string of the molecule is Cc1cc(C(=O)N(C2CC2)C2CCc3nn(C(=O)OC(C)(C)C)cc3C2)ccc1-c1ccccc1C#N. The minimum absolute atomic E-state index is 0.0405. The van der Waals surface area contributed by atoms with Crippen LogP contribution < -0.4 is 0 Å². The van der Waals surface area contributed by atoms with Gasteiger partial charge in [-0.25, -0.2) is 4.79 Å². The standard InChI is InChI=1S/C30H32N4O3/c1-19-15-20(9-13-25(19)26-8-6-5-7-21(26)17-31)28(35)34(23-10-11-23)24-12-14-27-22(16-24)18-33(32-27)29(36)37-30(2,3)4/h5-9,13,15,18,23-24H,10-12,14,16H2,1-4H3. The van der Waals surface area contributed by atoms with Crippen molar-refractivity contribution in [2.45, 2.75) is 77.5 Å². The first-order chi connectivity index (χ1) is 17.6. The van der Waals surface area contributed by atoms with Crippen LogP contribution >= 0.6 is 0 Å². The number of carbonyl (C=O) groups is 2. The molecule has 2 aliphatic carbocycles. The molecule has 0 saturated heterocycles. The van der Waals surface area contributed by atoms with E-state index in [1.54, 1.807) is 6.20 Å². The summed E-state index contributed by atoms with van der Waals surface area (Å²) in [4.78, 5) is 28.4. The molecule has 190 valence electrons. The Morgan fingerprint density at radius 3 is 2.51 bits per heavy atom. The average molecular weight is 497 g/mol. The minimum atomic E-state index is -0.592. The molecule has 7 nitrogen and oxygen atoms in total. The summed E-state index contributed by atoms with van der Waals surface area (Å²) < 4.78 is 6.76. The Morgan fingerprint density at radius 1 is 1.08 bits per heavy atom. The van der Waals surface area contributed by atoms with Crippen molar-refractivity contribution in [3.05, 3.63) is 76.6 Å². The Hall–Kier alpha value is -3.92. The minimum Gasteiger partial charge on any atom is -0.442 e. The first-order valence-corrected chi connectivity index (χ1v) is 12.9. The fourth-order valence-corrected chi connectivity index (χ4v) is 5.17. The van der Waals surface area contributed by atoms with E-state index in [0.717, 1.165) is 53.6 Å². The molecule has 0 aliphatic heterocycles. The third kappa shape index (κ3) is 5.15. The van der Waals surface area contributed by atoms with E-state index >= 15 is 0 Å². The van der Waals surface area contributed by atoms with Crippen LogP contribution in [0.15, 0.2) is 48.7 Å². The van der Waals surface area contributed by atoms with Gasteiger partial charge in [-0.05, 0) is 100 Å². The fraction of sp³-hybridized carbons (Fsp3) is 0.400. The smallest absolute Gasteiger partial charge is 0.435 e. The van der Waals surface area contributed by atoms with Crippen LogP contribution in [0.5, 0.6) is 0 Å². The van der Waals surface area contributed by atoms with Crippen LogP contribution in [-0.4, -0.2) is 44.4 Å². The van der Waals surface area contributed by atoms with Gasteiger partial charge in [0.1, 0.15) is 5.60 Å². The molecule has 7 heteroatoms. The van der Waals surface area contributed by atoms with E-state index in [0.29, 0.717) is 17.5 Å². The largest absolute Gasteiger partial charge is 0.442 e. The molecule has 0 radical (unpaired) electrons. The Labute approximate surface area is 217 Å². The molecule has 5 rings (SSSR count). The predicted octanol–water partition coefficient (Wildman–Crippen LogP) is 5.68. The monoisotopic (exact) mass is 496 g/mol. The van der Waals surface area contributed by atoms with Gasteiger partial charge in [-0.2, -0.15) is 15.0 Å². The van der Waals surface area contributed by atoms with Crippen molar-refractivity contribution in [2.24, 2.45) is 0 Å². The van der Waals surface area contributed by atoms with Gasteiger partial charge in [0.05, 0.1) is 17.3 Å². The normalized spacial score (nSPS) is 17.0. The number of amides is 1. The second-order valence-electron chi connectivity index (χ2n) is 11.1. The molecule has 1 atom stereocenters. The number of benzene rings is 2. The van der Waals surface area contributed by atoms with Crippen molar-refractivity contribution >= 4 is 12.0 Å². The number of ether oxygens (including phenoxy) is 1. The highest BCUT2D eigenvalue weighted by Crippen LogP contribution is 2.36. The third-order valence-corrected chi connectivity index (χ3v) is 7.01. The summed E-state index contributed by atoms with van der Waals surface area (Å²) in [5, 5.41) is 14.0. The maximum absolute atomic E-state index is 13.8. The van der Waals surface area contributed by atoms with Gasteiger partial charge in [0.25, 0.3) is 5.91 Å². The maximum Gasteiger partial charge on any atom is 0.435 e. The summed E-state index contributed by atoms with van der Waals surface area (Å²) in [5.41, 5.74) is 5.40. The lowest BCUT2D eigenvalue weighted by molar-refractivity contribution is 0.0513. The molecule has 1 heterocycles. The number of nitriles is 1. The predicted molar refractivity (Wildman–Crippen MR) is 140 cm³/mol.